The Morgan fingerprint density at radius 1 is 1.25 bits per heavy atom. The largest absolute Gasteiger partial charge is 0.337 e. The van der Waals surface area contributed by atoms with Crippen LogP contribution in [0.3, 0.4) is 0 Å². The van der Waals surface area contributed by atoms with Crippen LogP contribution in [0.5, 0.6) is 0 Å². The molecule has 0 unspecified atom stereocenters. The molecule has 0 radical (unpaired) electrons. The molecule has 3 amide bonds. The van der Waals surface area contributed by atoms with Gasteiger partial charge in [-0.25, -0.2) is 4.79 Å². The number of amides is 3. The second kappa shape index (κ2) is 7.91. The molecule has 7 heteroatoms. The Labute approximate surface area is 172 Å². The lowest BCUT2D eigenvalue weighted by Gasteiger charge is -2.46. The molecule has 0 bridgehead atoms. The van der Waals surface area contributed by atoms with Crippen LogP contribution in [0.1, 0.15) is 56.5 Å². The summed E-state index contributed by atoms with van der Waals surface area (Å²) in [6, 6.07) is 5.38. The number of nitrogens with zero attached hydrogens (tertiary/aromatic N) is 1. The summed E-state index contributed by atoms with van der Waals surface area (Å²) in [6.45, 7) is 10.2. The summed E-state index contributed by atoms with van der Waals surface area (Å²) in [5, 5.41) is 10.3. The molecule has 0 spiro atoms. The molecule has 2 aliphatic rings. The van der Waals surface area contributed by atoms with Crippen LogP contribution in [0.2, 0.25) is 5.02 Å². The van der Waals surface area contributed by atoms with Crippen molar-refractivity contribution in [2.45, 2.75) is 64.1 Å². The molecule has 28 heavy (non-hydrogen) atoms. The smallest absolute Gasteiger partial charge is 0.315 e. The minimum atomic E-state index is -0.175. The molecular weight excluding hydrogens is 376 g/mol. The molecular formula is C21H31ClN4O2. The fourth-order valence-corrected chi connectivity index (χ4v) is 4.98. The first-order chi connectivity index (χ1) is 13.1. The molecule has 0 saturated carbocycles. The third-order valence-electron chi connectivity index (χ3n) is 5.46. The maximum Gasteiger partial charge on any atom is 0.315 e. The van der Waals surface area contributed by atoms with Gasteiger partial charge in [0.15, 0.2) is 0 Å². The number of piperidine rings is 1. The normalized spacial score (nSPS) is 21.2. The average molecular weight is 407 g/mol. The molecule has 1 aromatic rings. The van der Waals surface area contributed by atoms with Crippen molar-refractivity contribution in [2.24, 2.45) is 0 Å². The van der Waals surface area contributed by atoms with Gasteiger partial charge in [0.2, 0.25) is 0 Å². The van der Waals surface area contributed by atoms with Crippen LogP contribution in [-0.2, 0) is 6.42 Å². The molecule has 1 aromatic carbocycles. The lowest BCUT2D eigenvalue weighted by atomic mass is 9.80. The van der Waals surface area contributed by atoms with E-state index in [-0.39, 0.29) is 29.1 Å². The van der Waals surface area contributed by atoms with Gasteiger partial charge in [-0.15, -0.1) is 0 Å². The quantitative estimate of drug-likeness (QED) is 0.719. The topological polar surface area (TPSA) is 73.5 Å². The van der Waals surface area contributed by atoms with Gasteiger partial charge in [0.25, 0.3) is 5.91 Å². The molecule has 0 aliphatic carbocycles. The highest BCUT2D eigenvalue weighted by Crippen LogP contribution is 2.28. The second-order valence-corrected chi connectivity index (χ2v) is 9.61. The summed E-state index contributed by atoms with van der Waals surface area (Å²) in [6.07, 6.45) is 2.50. The van der Waals surface area contributed by atoms with Crippen LogP contribution >= 0.6 is 11.6 Å². The highest BCUT2D eigenvalue weighted by molar-refractivity contribution is 6.32. The predicted molar refractivity (Wildman–Crippen MR) is 112 cm³/mol. The molecule has 2 aliphatic heterocycles. The van der Waals surface area contributed by atoms with Gasteiger partial charge >= 0.3 is 6.03 Å². The van der Waals surface area contributed by atoms with Crippen LogP contribution in [0.25, 0.3) is 0 Å². The maximum atomic E-state index is 12.6. The lowest BCUT2D eigenvalue weighted by Crippen LogP contribution is -2.62. The van der Waals surface area contributed by atoms with E-state index >= 15 is 0 Å². The third-order valence-corrected chi connectivity index (χ3v) is 5.82. The van der Waals surface area contributed by atoms with E-state index in [1.54, 1.807) is 11.0 Å². The van der Waals surface area contributed by atoms with Gasteiger partial charge in [-0.1, -0.05) is 17.7 Å². The third kappa shape index (κ3) is 4.97. The van der Waals surface area contributed by atoms with Gasteiger partial charge < -0.3 is 20.9 Å². The minimum absolute atomic E-state index is 0.0193. The Hall–Kier alpha value is -1.79. The zero-order valence-electron chi connectivity index (χ0n) is 17.2. The van der Waals surface area contributed by atoms with Crippen molar-refractivity contribution < 1.29 is 9.59 Å². The van der Waals surface area contributed by atoms with Crippen LogP contribution in [-0.4, -0.2) is 53.6 Å². The highest BCUT2D eigenvalue weighted by Gasteiger charge is 2.38. The lowest BCUT2D eigenvalue weighted by molar-refractivity contribution is 0.0741. The average Bonchev–Trinajstić information content (AvgIpc) is 2.54. The molecule has 1 saturated heterocycles. The number of carbonyl (C=O) groups excluding carboxylic acids is 2. The number of rotatable bonds is 4. The SMILES string of the molecule is CC1(C)CC(NC(=O)NCCN2CCc3c(Cl)cccc3C2=O)CC(C)(C)N1. The molecule has 2 heterocycles. The highest BCUT2D eigenvalue weighted by atomic mass is 35.5. The van der Waals surface area contributed by atoms with Crippen molar-refractivity contribution in [1.82, 2.24) is 20.9 Å². The number of halogens is 1. The Bertz CT molecular complexity index is 747. The van der Waals surface area contributed by atoms with Crippen molar-refractivity contribution in [3.8, 4) is 0 Å². The molecule has 6 nitrogen and oxygen atoms in total. The second-order valence-electron chi connectivity index (χ2n) is 9.21. The van der Waals surface area contributed by atoms with Crippen LogP contribution in [0, 0.1) is 0 Å². The summed E-state index contributed by atoms with van der Waals surface area (Å²) < 4.78 is 0. The van der Waals surface area contributed by atoms with Crippen molar-refractivity contribution in [2.75, 3.05) is 19.6 Å². The Morgan fingerprint density at radius 2 is 1.93 bits per heavy atom. The van der Waals surface area contributed by atoms with Crippen molar-refractivity contribution in [3.63, 3.8) is 0 Å². The Kier molecular flexibility index (Phi) is 5.92. The van der Waals surface area contributed by atoms with Gasteiger partial charge in [-0.2, -0.15) is 0 Å². The molecule has 0 atom stereocenters. The first-order valence-corrected chi connectivity index (χ1v) is 10.3. The molecule has 0 aromatic heterocycles. The van der Waals surface area contributed by atoms with E-state index in [4.69, 9.17) is 11.6 Å². The Balaban J connectivity index is 1.48. The van der Waals surface area contributed by atoms with Crippen LogP contribution in [0.15, 0.2) is 18.2 Å². The number of hydrogen-bond acceptors (Lipinski definition) is 3. The zero-order valence-corrected chi connectivity index (χ0v) is 17.9. The standard InChI is InChI=1S/C21H31ClN4O2/c1-20(2)12-14(13-21(3,4)25-20)24-19(28)23-9-11-26-10-8-15-16(18(26)27)6-5-7-17(15)22/h5-7,14,25H,8-13H2,1-4H3,(H2,23,24,28). The van der Waals surface area contributed by atoms with Crippen LogP contribution in [0.4, 0.5) is 4.79 Å². The van der Waals surface area contributed by atoms with E-state index in [2.05, 4.69) is 43.6 Å². The van der Waals surface area contributed by atoms with E-state index in [1.165, 1.54) is 0 Å². The van der Waals surface area contributed by atoms with E-state index < -0.39 is 0 Å². The Morgan fingerprint density at radius 3 is 2.61 bits per heavy atom. The molecule has 3 rings (SSSR count). The van der Waals surface area contributed by atoms with Crippen molar-refractivity contribution in [3.05, 3.63) is 34.3 Å². The summed E-state index contributed by atoms with van der Waals surface area (Å²) in [4.78, 5) is 26.7. The number of benzene rings is 1. The van der Waals surface area contributed by atoms with E-state index in [0.29, 0.717) is 30.2 Å². The van der Waals surface area contributed by atoms with E-state index in [1.807, 2.05) is 12.1 Å². The van der Waals surface area contributed by atoms with E-state index in [9.17, 15) is 9.59 Å². The molecule has 3 N–H and O–H groups in total. The maximum absolute atomic E-state index is 12.6. The zero-order chi connectivity index (χ0) is 20.5. The van der Waals surface area contributed by atoms with Crippen LogP contribution < -0.4 is 16.0 Å². The fraction of sp³-hybridized carbons (Fsp3) is 0.619. The monoisotopic (exact) mass is 406 g/mol. The fourth-order valence-electron chi connectivity index (χ4n) is 4.71. The van der Waals surface area contributed by atoms with Crippen molar-refractivity contribution >= 4 is 23.5 Å². The van der Waals surface area contributed by atoms with Crippen molar-refractivity contribution in [1.29, 1.82) is 0 Å². The molecule has 154 valence electrons. The van der Waals surface area contributed by atoms with Gasteiger partial charge in [-0.3, -0.25) is 4.79 Å². The van der Waals surface area contributed by atoms with E-state index in [0.717, 1.165) is 24.8 Å². The van der Waals surface area contributed by atoms with Gasteiger partial charge in [-0.05, 0) is 64.7 Å². The number of hydrogen-bond donors (Lipinski definition) is 3. The van der Waals surface area contributed by atoms with Gasteiger partial charge in [0, 0.05) is 47.3 Å². The molecule has 1 fully saturated rings. The number of nitrogens with one attached hydrogen (secondary N) is 3. The summed E-state index contributed by atoms with van der Waals surface area (Å²) in [5.74, 6) is -0.0205. The first-order valence-electron chi connectivity index (χ1n) is 9.97. The first kappa shape index (κ1) is 20.9. The predicted octanol–water partition coefficient (Wildman–Crippen LogP) is 2.95. The van der Waals surface area contributed by atoms with Gasteiger partial charge in [0.05, 0.1) is 0 Å². The minimum Gasteiger partial charge on any atom is -0.337 e. The number of fused-ring (bicyclic) bond motifs is 1. The number of urea groups is 1. The van der Waals surface area contributed by atoms with Gasteiger partial charge in [0.1, 0.15) is 0 Å². The summed E-state index contributed by atoms with van der Waals surface area (Å²) >= 11 is 6.19. The summed E-state index contributed by atoms with van der Waals surface area (Å²) in [7, 11) is 0. The summed E-state index contributed by atoms with van der Waals surface area (Å²) in [5.41, 5.74) is 1.55. The number of carbonyl (C=O) groups is 2.